The lowest BCUT2D eigenvalue weighted by atomic mass is 9.94. The van der Waals surface area contributed by atoms with Crippen LogP contribution in [0.15, 0.2) is 24.3 Å². The van der Waals surface area contributed by atoms with Gasteiger partial charge < -0.3 is 10.1 Å². The Kier molecular flexibility index (Phi) is 7.51. The van der Waals surface area contributed by atoms with Crippen LogP contribution in [0.4, 0.5) is 0 Å². The van der Waals surface area contributed by atoms with Crippen LogP contribution in [0.25, 0.3) is 0 Å². The van der Waals surface area contributed by atoms with Crippen molar-refractivity contribution >= 4 is 0 Å². The monoisotopic (exact) mass is 249 g/mol. The second-order valence-electron chi connectivity index (χ2n) is 4.87. The molecule has 0 saturated carbocycles. The Morgan fingerprint density at radius 3 is 2.61 bits per heavy atom. The molecule has 1 unspecified atom stereocenters. The SMILES string of the molecule is CCCNCC(CCC)Cc1ccccc1OC. The van der Waals surface area contributed by atoms with E-state index in [1.165, 1.54) is 24.8 Å². The molecule has 102 valence electrons. The Morgan fingerprint density at radius 1 is 1.17 bits per heavy atom. The Labute approximate surface area is 112 Å². The first-order chi connectivity index (χ1) is 8.81. The van der Waals surface area contributed by atoms with Gasteiger partial charge in [0.15, 0.2) is 0 Å². The van der Waals surface area contributed by atoms with Gasteiger partial charge in [0.1, 0.15) is 5.75 Å². The van der Waals surface area contributed by atoms with Gasteiger partial charge in [-0.1, -0.05) is 38.5 Å². The second-order valence-corrected chi connectivity index (χ2v) is 4.87. The molecule has 2 heteroatoms. The van der Waals surface area contributed by atoms with Gasteiger partial charge in [-0.05, 0) is 49.9 Å². The molecular weight excluding hydrogens is 222 g/mol. The summed E-state index contributed by atoms with van der Waals surface area (Å²) in [5.41, 5.74) is 1.33. The Morgan fingerprint density at radius 2 is 1.94 bits per heavy atom. The van der Waals surface area contributed by atoms with E-state index in [-0.39, 0.29) is 0 Å². The van der Waals surface area contributed by atoms with Crippen molar-refractivity contribution in [3.05, 3.63) is 29.8 Å². The molecule has 2 nitrogen and oxygen atoms in total. The topological polar surface area (TPSA) is 21.3 Å². The number of hydrogen-bond donors (Lipinski definition) is 1. The maximum atomic E-state index is 5.43. The van der Waals surface area contributed by atoms with E-state index in [9.17, 15) is 0 Å². The average Bonchev–Trinajstić information content (AvgIpc) is 2.40. The van der Waals surface area contributed by atoms with Gasteiger partial charge >= 0.3 is 0 Å². The number of para-hydroxylation sites is 1. The molecule has 1 aromatic carbocycles. The Balaban J connectivity index is 2.58. The largest absolute Gasteiger partial charge is 0.496 e. The third kappa shape index (κ3) is 5.09. The first-order valence-corrected chi connectivity index (χ1v) is 7.14. The van der Waals surface area contributed by atoms with Gasteiger partial charge in [0.2, 0.25) is 0 Å². The minimum absolute atomic E-state index is 0.706. The van der Waals surface area contributed by atoms with Gasteiger partial charge in [0, 0.05) is 0 Å². The molecule has 0 spiro atoms. The van der Waals surface area contributed by atoms with Crippen LogP contribution in [0.2, 0.25) is 0 Å². The van der Waals surface area contributed by atoms with Crippen LogP contribution in [-0.2, 0) is 6.42 Å². The van der Waals surface area contributed by atoms with Crippen molar-refractivity contribution in [2.45, 2.75) is 39.5 Å². The predicted molar refractivity (Wildman–Crippen MR) is 78.3 cm³/mol. The number of benzene rings is 1. The van der Waals surface area contributed by atoms with Crippen molar-refractivity contribution in [2.24, 2.45) is 5.92 Å². The Hall–Kier alpha value is -1.02. The molecule has 0 aliphatic rings. The van der Waals surface area contributed by atoms with Crippen LogP contribution in [0.5, 0.6) is 5.75 Å². The van der Waals surface area contributed by atoms with E-state index in [1.54, 1.807) is 7.11 Å². The summed E-state index contributed by atoms with van der Waals surface area (Å²) in [5, 5.41) is 3.54. The average molecular weight is 249 g/mol. The van der Waals surface area contributed by atoms with Crippen molar-refractivity contribution in [1.29, 1.82) is 0 Å². The van der Waals surface area contributed by atoms with Crippen LogP contribution in [0.1, 0.15) is 38.7 Å². The van der Waals surface area contributed by atoms with Gasteiger partial charge in [0.25, 0.3) is 0 Å². The summed E-state index contributed by atoms with van der Waals surface area (Å²) in [4.78, 5) is 0. The molecule has 0 heterocycles. The fraction of sp³-hybridized carbons (Fsp3) is 0.625. The van der Waals surface area contributed by atoms with Gasteiger partial charge in [-0.25, -0.2) is 0 Å². The normalized spacial score (nSPS) is 12.4. The number of methoxy groups -OCH3 is 1. The van der Waals surface area contributed by atoms with Crippen molar-refractivity contribution < 1.29 is 4.74 Å². The molecule has 0 amide bonds. The quantitative estimate of drug-likeness (QED) is 0.674. The third-order valence-electron chi connectivity index (χ3n) is 3.26. The summed E-state index contributed by atoms with van der Waals surface area (Å²) in [5.74, 6) is 1.73. The fourth-order valence-corrected chi connectivity index (χ4v) is 2.35. The van der Waals surface area contributed by atoms with Crippen molar-refractivity contribution in [1.82, 2.24) is 5.32 Å². The lowest BCUT2D eigenvalue weighted by Crippen LogP contribution is -2.25. The van der Waals surface area contributed by atoms with Crippen molar-refractivity contribution in [3.63, 3.8) is 0 Å². The third-order valence-corrected chi connectivity index (χ3v) is 3.26. The molecule has 1 rings (SSSR count). The van der Waals surface area contributed by atoms with E-state index in [0.29, 0.717) is 5.92 Å². The molecular formula is C16H27NO. The highest BCUT2D eigenvalue weighted by Crippen LogP contribution is 2.22. The molecule has 0 bridgehead atoms. The zero-order valence-corrected chi connectivity index (χ0v) is 12.0. The minimum atomic E-state index is 0.706. The zero-order chi connectivity index (χ0) is 13.2. The zero-order valence-electron chi connectivity index (χ0n) is 12.0. The minimum Gasteiger partial charge on any atom is -0.496 e. The van der Waals surface area contributed by atoms with E-state index in [2.05, 4.69) is 37.4 Å². The summed E-state index contributed by atoms with van der Waals surface area (Å²) >= 11 is 0. The Bertz CT molecular complexity index is 325. The molecule has 18 heavy (non-hydrogen) atoms. The van der Waals surface area contributed by atoms with E-state index in [4.69, 9.17) is 4.74 Å². The van der Waals surface area contributed by atoms with Crippen LogP contribution in [-0.4, -0.2) is 20.2 Å². The molecule has 1 N–H and O–H groups in total. The molecule has 1 aromatic rings. The summed E-state index contributed by atoms with van der Waals surface area (Å²) in [6.45, 7) is 6.70. The van der Waals surface area contributed by atoms with Crippen molar-refractivity contribution in [2.75, 3.05) is 20.2 Å². The summed E-state index contributed by atoms with van der Waals surface area (Å²) in [6.07, 6.45) is 4.82. The molecule has 0 aliphatic heterocycles. The lowest BCUT2D eigenvalue weighted by molar-refractivity contribution is 0.394. The summed E-state index contributed by atoms with van der Waals surface area (Å²) in [6, 6.07) is 8.37. The number of nitrogens with one attached hydrogen (secondary N) is 1. The van der Waals surface area contributed by atoms with Gasteiger partial charge in [0.05, 0.1) is 7.11 Å². The smallest absolute Gasteiger partial charge is 0.122 e. The highest BCUT2D eigenvalue weighted by molar-refractivity contribution is 5.33. The van der Waals surface area contributed by atoms with E-state index >= 15 is 0 Å². The number of ether oxygens (including phenoxy) is 1. The highest BCUT2D eigenvalue weighted by atomic mass is 16.5. The molecule has 0 aliphatic carbocycles. The standard InChI is InChI=1S/C16H27NO/c1-4-8-14(13-17-11-5-2)12-15-9-6-7-10-16(15)18-3/h6-7,9-10,14,17H,4-5,8,11-13H2,1-3H3. The van der Waals surface area contributed by atoms with E-state index in [1.807, 2.05) is 6.07 Å². The summed E-state index contributed by atoms with van der Waals surface area (Å²) in [7, 11) is 1.75. The highest BCUT2D eigenvalue weighted by Gasteiger charge is 2.11. The summed E-state index contributed by atoms with van der Waals surface area (Å²) < 4.78 is 5.43. The van der Waals surface area contributed by atoms with Crippen LogP contribution in [0.3, 0.4) is 0 Å². The fourth-order valence-electron chi connectivity index (χ4n) is 2.35. The second kappa shape index (κ2) is 8.98. The molecule has 0 radical (unpaired) electrons. The maximum Gasteiger partial charge on any atom is 0.122 e. The molecule has 0 saturated heterocycles. The van der Waals surface area contributed by atoms with Crippen LogP contribution >= 0.6 is 0 Å². The number of hydrogen-bond acceptors (Lipinski definition) is 2. The number of rotatable bonds is 9. The first kappa shape index (κ1) is 15.0. The lowest BCUT2D eigenvalue weighted by Gasteiger charge is -2.18. The first-order valence-electron chi connectivity index (χ1n) is 7.14. The van der Waals surface area contributed by atoms with Gasteiger partial charge in [-0.2, -0.15) is 0 Å². The van der Waals surface area contributed by atoms with E-state index in [0.717, 1.165) is 25.3 Å². The molecule has 1 atom stereocenters. The van der Waals surface area contributed by atoms with Crippen molar-refractivity contribution in [3.8, 4) is 5.75 Å². The van der Waals surface area contributed by atoms with Gasteiger partial charge in [-0.3, -0.25) is 0 Å². The van der Waals surface area contributed by atoms with Crippen LogP contribution in [0, 0.1) is 5.92 Å². The maximum absolute atomic E-state index is 5.43. The van der Waals surface area contributed by atoms with E-state index < -0.39 is 0 Å². The van der Waals surface area contributed by atoms with Crippen LogP contribution < -0.4 is 10.1 Å². The van der Waals surface area contributed by atoms with Gasteiger partial charge in [-0.15, -0.1) is 0 Å². The molecule has 0 fully saturated rings. The predicted octanol–water partition coefficient (Wildman–Crippen LogP) is 3.65. The molecule has 0 aromatic heterocycles.